The number of fused-ring (bicyclic) bond motifs is 1. The van der Waals surface area contributed by atoms with Gasteiger partial charge in [0.2, 0.25) is 0 Å². The maximum absolute atomic E-state index is 5.98. The molecular weight excluding hydrogens is 236 g/mol. The fourth-order valence-corrected chi connectivity index (χ4v) is 2.58. The molecule has 98 valence electrons. The van der Waals surface area contributed by atoms with E-state index in [1.54, 1.807) is 12.4 Å². The van der Waals surface area contributed by atoms with E-state index >= 15 is 0 Å². The van der Waals surface area contributed by atoms with Crippen LogP contribution in [0.5, 0.6) is 11.5 Å². The van der Waals surface area contributed by atoms with Gasteiger partial charge in [-0.3, -0.25) is 4.98 Å². The number of benzene rings is 1. The Labute approximate surface area is 113 Å². The molecule has 3 nitrogen and oxygen atoms in total. The molecule has 0 saturated heterocycles. The summed E-state index contributed by atoms with van der Waals surface area (Å²) in [5, 5.41) is 3.14. The molecule has 1 N–H and O–H groups in total. The third-order valence-electron chi connectivity index (χ3n) is 3.54. The smallest absolute Gasteiger partial charge is 0.150 e. The summed E-state index contributed by atoms with van der Waals surface area (Å²) in [6, 6.07) is 8.39. The molecule has 1 heterocycles. The lowest BCUT2D eigenvalue weighted by molar-refractivity contribution is 0.471. The Bertz CT molecular complexity index is 581. The van der Waals surface area contributed by atoms with Crippen molar-refractivity contribution >= 4 is 0 Å². The van der Waals surface area contributed by atoms with Crippen LogP contribution in [0, 0.1) is 0 Å². The topological polar surface area (TPSA) is 34.2 Å². The molecule has 0 atom stereocenters. The van der Waals surface area contributed by atoms with E-state index in [9.17, 15) is 0 Å². The number of pyridine rings is 1. The number of hydrogen-bond acceptors (Lipinski definition) is 3. The lowest BCUT2D eigenvalue weighted by Gasteiger charge is -2.11. The molecule has 0 aliphatic heterocycles. The van der Waals surface area contributed by atoms with Crippen molar-refractivity contribution in [2.24, 2.45) is 0 Å². The standard InChI is InChI=1S/C16H18N2O/c1-17-10-14-7-8-18-11-16(14)19-15-6-5-12-3-2-4-13(12)9-15/h5-9,11,17H,2-4,10H2,1H3. The molecule has 19 heavy (non-hydrogen) atoms. The minimum Gasteiger partial charge on any atom is -0.455 e. The van der Waals surface area contributed by atoms with Crippen LogP contribution in [-0.4, -0.2) is 12.0 Å². The predicted molar refractivity (Wildman–Crippen MR) is 75.5 cm³/mol. The minimum absolute atomic E-state index is 0.781. The SMILES string of the molecule is CNCc1ccncc1Oc1ccc2c(c1)CCC2. The van der Waals surface area contributed by atoms with Gasteiger partial charge in [0.15, 0.2) is 0 Å². The number of hydrogen-bond donors (Lipinski definition) is 1. The van der Waals surface area contributed by atoms with Gasteiger partial charge in [-0.15, -0.1) is 0 Å². The van der Waals surface area contributed by atoms with Gasteiger partial charge in [-0.25, -0.2) is 0 Å². The monoisotopic (exact) mass is 254 g/mol. The summed E-state index contributed by atoms with van der Waals surface area (Å²) >= 11 is 0. The van der Waals surface area contributed by atoms with Crippen LogP contribution in [0.1, 0.15) is 23.1 Å². The molecule has 0 radical (unpaired) electrons. The third-order valence-corrected chi connectivity index (χ3v) is 3.54. The summed E-state index contributed by atoms with van der Waals surface area (Å²) in [6.07, 6.45) is 7.20. The highest BCUT2D eigenvalue weighted by atomic mass is 16.5. The summed E-state index contributed by atoms with van der Waals surface area (Å²) in [7, 11) is 1.93. The van der Waals surface area contributed by atoms with E-state index < -0.39 is 0 Å². The molecule has 1 aliphatic rings. The molecule has 0 saturated carbocycles. The largest absolute Gasteiger partial charge is 0.455 e. The van der Waals surface area contributed by atoms with E-state index in [1.165, 1.54) is 30.4 Å². The highest BCUT2D eigenvalue weighted by Crippen LogP contribution is 2.29. The number of rotatable bonds is 4. The van der Waals surface area contributed by atoms with Gasteiger partial charge >= 0.3 is 0 Å². The zero-order valence-corrected chi connectivity index (χ0v) is 11.1. The summed E-state index contributed by atoms with van der Waals surface area (Å²) in [5.41, 5.74) is 4.02. The molecule has 0 bridgehead atoms. The van der Waals surface area contributed by atoms with Crippen LogP contribution in [0.15, 0.2) is 36.7 Å². The Morgan fingerprint density at radius 1 is 1.21 bits per heavy atom. The first-order valence-corrected chi connectivity index (χ1v) is 6.74. The molecule has 0 amide bonds. The van der Waals surface area contributed by atoms with Crippen molar-refractivity contribution in [2.75, 3.05) is 7.05 Å². The van der Waals surface area contributed by atoms with Crippen LogP contribution >= 0.6 is 0 Å². The fraction of sp³-hybridized carbons (Fsp3) is 0.312. The van der Waals surface area contributed by atoms with E-state index in [4.69, 9.17) is 4.74 Å². The number of ether oxygens (including phenoxy) is 1. The molecule has 3 heteroatoms. The zero-order valence-electron chi connectivity index (χ0n) is 11.1. The summed E-state index contributed by atoms with van der Waals surface area (Å²) in [5.74, 6) is 1.74. The van der Waals surface area contributed by atoms with E-state index in [0.717, 1.165) is 23.6 Å². The Morgan fingerprint density at radius 2 is 2.11 bits per heavy atom. The Kier molecular flexibility index (Phi) is 3.47. The van der Waals surface area contributed by atoms with Gasteiger partial charge < -0.3 is 10.1 Å². The Hall–Kier alpha value is -1.87. The van der Waals surface area contributed by atoms with Crippen LogP contribution in [0.3, 0.4) is 0 Å². The van der Waals surface area contributed by atoms with Crippen LogP contribution in [0.2, 0.25) is 0 Å². The number of nitrogens with zero attached hydrogens (tertiary/aromatic N) is 1. The van der Waals surface area contributed by atoms with Crippen molar-refractivity contribution < 1.29 is 4.74 Å². The van der Waals surface area contributed by atoms with Crippen LogP contribution in [0.4, 0.5) is 0 Å². The second kappa shape index (κ2) is 5.41. The third kappa shape index (κ3) is 2.61. The maximum Gasteiger partial charge on any atom is 0.150 e. The first kappa shape index (κ1) is 12.2. The van der Waals surface area contributed by atoms with Gasteiger partial charge in [0.05, 0.1) is 6.20 Å². The van der Waals surface area contributed by atoms with Crippen LogP contribution in [0.25, 0.3) is 0 Å². The second-order valence-corrected chi connectivity index (χ2v) is 4.90. The lowest BCUT2D eigenvalue weighted by atomic mass is 10.1. The number of nitrogens with one attached hydrogen (secondary N) is 1. The normalized spacial score (nSPS) is 13.3. The lowest BCUT2D eigenvalue weighted by Crippen LogP contribution is -2.06. The molecule has 1 aliphatic carbocycles. The fourth-order valence-electron chi connectivity index (χ4n) is 2.58. The first-order chi connectivity index (χ1) is 9.36. The van der Waals surface area contributed by atoms with Crippen molar-refractivity contribution in [3.8, 4) is 11.5 Å². The summed E-state index contributed by atoms with van der Waals surface area (Å²) in [6.45, 7) is 0.781. The zero-order chi connectivity index (χ0) is 13.1. The van der Waals surface area contributed by atoms with E-state index in [0.29, 0.717) is 0 Å². The van der Waals surface area contributed by atoms with E-state index in [-0.39, 0.29) is 0 Å². The summed E-state index contributed by atoms with van der Waals surface area (Å²) < 4.78 is 5.98. The maximum atomic E-state index is 5.98. The minimum atomic E-state index is 0.781. The first-order valence-electron chi connectivity index (χ1n) is 6.74. The van der Waals surface area contributed by atoms with Gasteiger partial charge in [0, 0.05) is 18.3 Å². The average Bonchev–Trinajstić information content (AvgIpc) is 2.89. The number of aryl methyl sites for hydroxylation is 2. The van der Waals surface area contributed by atoms with Gasteiger partial charge in [0.25, 0.3) is 0 Å². The van der Waals surface area contributed by atoms with Crippen molar-refractivity contribution in [1.82, 2.24) is 10.3 Å². The molecule has 1 aromatic heterocycles. The van der Waals surface area contributed by atoms with Gasteiger partial charge in [-0.1, -0.05) is 6.07 Å². The quantitative estimate of drug-likeness (QED) is 0.910. The van der Waals surface area contributed by atoms with Crippen molar-refractivity contribution in [1.29, 1.82) is 0 Å². The Morgan fingerprint density at radius 3 is 3.00 bits per heavy atom. The highest BCUT2D eigenvalue weighted by molar-refractivity contribution is 5.41. The van der Waals surface area contributed by atoms with Crippen LogP contribution < -0.4 is 10.1 Å². The predicted octanol–water partition coefficient (Wildman–Crippen LogP) is 3.08. The van der Waals surface area contributed by atoms with Gasteiger partial charge in [-0.2, -0.15) is 0 Å². The van der Waals surface area contributed by atoms with E-state index in [2.05, 4.69) is 28.5 Å². The van der Waals surface area contributed by atoms with Crippen molar-refractivity contribution in [3.63, 3.8) is 0 Å². The Balaban J connectivity index is 1.85. The molecule has 0 unspecified atom stereocenters. The van der Waals surface area contributed by atoms with Crippen molar-refractivity contribution in [2.45, 2.75) is 25.8 Å². The van der Waals surface area contributed by atoms with Crippen molar-refractivity contribution in [3.05, 3.63) is 53.3 Å². The molecule has 1 aromatic carbocycles. The van der Waals surface area contributed by atoms with Gasteiger partial charge in [0.1, 0.15) is 11.5 Å². The molecule has 3 rings (SSSR count). The number of aromatic nitrogens is 1. The van der Waals surface area contributed by atoms with Gasteiger partial charge in [-0.05, 0) is 55.6 Å². The van der Waals surface area contributed by atoms with E-state index in [1.807, 2.05) is 13.1 Å². The molecular formula is C16H18N2O. The average molecular weight is 254 g/mol. The molecule has 0 spiro atoms. The summed E-state index contributed by atoms with van der Waals surface area (Å²) in [4.78, 5) is 4.14. The van der Waals surface area contributed by atoms with Crippen LogP contribution in [-0.2, 0) is 19.4 Å². The highest BCUT2D eigenvalue weighted by Gasteiger charge is 2.12. The molecule has 2 aromatic rings. The second-order valence-electron chi connectivity index (χ2n) is 4.90. The molecule has 0 fully saturated rings.